The van der Waals surface area contributed by atoms with Gasteiger partial charge in [0.1, 0.15) is 5.75 Å². The lowest BCUT2D eigenvalue weighted by Crippen LogP contribution is -2.43. The summed E-state index contributed by atoms with van der Waals surface area (Å²) in [5, 5.41) is 0. The van der Waals surface area contributed by atoms with Crippen molar-refractivity contribution in [3.05, 3.63) is 29.3 Å². The maximum absolute atomic E-state index is 5.78. The molecule has 0 amide bonds. The second kappa shape index (κ2) is 7.07. The maximum Gasteiger partial charge on any atom is 0.123 e. The average Bonchev–Trinajstić information content (AvgIpc) is 2.49. The van der Waals surface area contributed by atoms with Gasteiger partial charge in [-0.05, 0) is 36.6 Å². The number of benzene rings is 1. The Hall–Kier alpha value is -1.10. The number of piperidine rings is 1. The molecule has 0 spiro atoms. The molecule has 2 N–H and O–H groups in total. The SMILES string of the molecule is COc1ccc(CN2CCC(C)C(OC)C2)cc1CN. The number of nitrogens with zero attached hydrogens (tertiary/aromatic N) is 1. The molecule has 1 saturated heterocycles. The molecule has 2 rings (SSSR count). The number of nitrogens with two attached hydrogens (primary N) is 1. The van der Waals surface area contributed by atoms with E-state index in [1.54, 1.807) is 7.11 Å². The van der Waals surface area contributed by atoms with Gasteiger partial charge < -0.3 is 15.2 Å². The highest BCUT2D eigenvalue weighted by atomic mass is 16.5. The molecule has 0 aromatic heterocycles. The van der Waals surface area contributed by atoms with Crippen LogP contribution in [-0.4, -0.2) is 38.3 Å². The number of rotatable bonds is 5. The molecule has 0 saturated carbocycles. The van der Waals surface area contributed by atoms with Crippen LogP contribution in [0.4, 0.5) is 0 Å². The minimum Gasteiger partial charge on any atom is -0.496 e. The molecule has 0 bridgehead atoms. The fraction of sp³-hybridized carbons (Fsp3) is 0.625. The van der Waals surface area contributed by atoms with E-state index in [-0.39, 0.29) is 0 Å². The van der Waals surface area contributed by atoms with Crippen LogP contribution in [0.2, 0.25) is 0 Å². The lowest BCUT2D eigenvalue weighted by atomic mass is 9.95. The number of ether oxygens (including phenoxy) is 2. The molecule has 1 heterocycles. The average molecular weight is 278 g/mol. The van der Waals surface area contributed by atoms with E-state index in [2.05, 4.69) is 24.0 Å². The Labute approximate surface area is 121 Å². The molecular weight excluding hydrogens is 252 g/mol. The van der Waals surface area contributed by atoms with E-state index in [0.29, 0.717) is 18.6 Å². The van der Waals surface area contributed by atoms with Crippen LogP contribution in [0, 0.1) is 5.92 Å². The summed E-state index contributed by atoms with van der Waals surface area (Å²) < 4.78 is 10.9. The molecule has 20 heavy (non-hydrogen) atoms. The first kappa shape index (κ1) is 15.3. The summed E-state index contributed by atoms with van der Waals surface area (Å²) in [5.74, 6) is 1.52. The Balaban J connectivity index is 2.03. The molecule has 1 aromatic carbocycles. The van der Waals surface area contributed by atoms with Crippen LogP contribution in [0.15, 0.2) is 18.2 Å². The minimum atomic E-state index is 0.343. The van der Waals surface area contributed by atoms with Crippen LogP contribution in [-0.2, 0) is 17.8 Å². The molecule has 0 aliphatic carbocycles. The summed E-state index contributed by atoms with van der Waals surface area (Å²) in [4.78, 5) is 2.45. The van der Waals surface area contributed by atoms with E-state index < -0.39 is 0 Å². The third kappa shape index (κ3) is 3.51. The molecule has 4 heteroatoms. The highest BCUT2D eigenvalue weighted by Crippen LogP contribution is 2.23. The molecule has 1 fully saturated rings. The van der Waals surface area contributed by atoms with Crippen molar-refractivity contribution in [3.8, 4) is 5.75 Å². The smallest absolute Gasteiger partial charge is 0.123 e. The topological polar surface area (TPSA) is 47.7 Å². The van der Waals surface area contributed by atoms with Gasteiger partial charge in [0.25, 0.3) is 0 Å². The van der Waals surface area contributed by atoms with Gasteiger partial charge in [-0.2, -0.15) is 0 Å². The van der Waals surface area contributed by atoms with E-state index in [1.165, 1.54) is 12.0 Å². The third-order valence-electron chi connectivity index (χ3n) is 4.25. The fourth-order valence-corrected chi connectivity index (χ4v) is 2.90. The Morgan fingerprint density at radius 1 is 1.35 bits per heavy atom. The number of methoxy groups -OCH3 is 2. The van der Waals surface area contributed by atoms with Gasteiger partial charge in [0.05, 0.1) is 13.2 Å². The normalized spacial score (nSPS) is 23.8. The van der Waals surface area contributed by atoms with Crippen molar-refractivity contribution in [1.29, 1.82) is 0 Å². The van der Waals surface area contributed by atoms with Gasteiger partial charge in [0.2, 0.25) is 0 Å². The Morgan fingerprint density at radius 2 is 2.15 bits per heavy atom. The van der Waals surface area contributed by atoms with Gasteiger partial charge in [-0.1, -0.05) is 13.0 Å². The van der Waals surface area contributed by atoms with E-state index in [4.69, 9.17) is 15.2 Å². The largest absolute Gasteiger partial charge is 0.496 e. The second-order valence-electron chi connectivity index (χ2n) is 5.63. The molecule has 0 radical (unpaired) electrons. The predicted octanol–water partition coefficient (Wildman–Crippen LogP) is 2.01. The minimum absolute atomic E-state index is 0.343. The summed E-state index contributed by atoms with van der Waals surface area (Å²) in [5.41, 5.74) is 8.13. The van der Waals surface area contributed by atoms with E-state index in [0.717, 1.165) is 30.9 Å². The number of hydrogen-bond donors (Lipinski definition) is 1. The van der Waals surface area contributed by atoms with Crippen molar-refractivity contribution in [1.82, 2.24) is 4.90 Å². The van der Waals surface area contributed by atoms with Crippen molar-refractivity contribution < 1.29 is 9.47 Å². The van der Waals surface area contributed by atoms with Crippen LogP contribution >= 0.6 is 0 Å². The zero-order valence-electron chi connectivity index (χ0n) is 12.8. The monoisotopic (exact) mass is 278 g/mol. The van der Waals surface area contributed by atoms with Crippen molar-refractivity contribution in [2.45, 2.75) is 32.5 Å². The Morgan fingerprint density at radius 3 is 2.80 bits per heavy atom. The highest BCUT2D eigenvalue weighted by Gasteiger charge is 2.25. The van der Waals surface area contributed by atoms with E-state index in [9.17, 15) is 0 Å². The molecule has 112 valence electrons. The van der Waals surface area contributed by atoms with Gasteiger partial charge in [-0.3, -0.25) is 4.90 Å². The summed E-state index contributed by atoms with van der Waals surface area (Å²) in [7, 11) is 3.49. The maximum atomic E-state index is 5.78. The van der Waals surface area contributed by atoms with E-state index in [1.807, 2.05) is 13.2 Å². The number of likely N-dealkylation sites (tertiary alicyclic amines) is 1. The van der Waals surface area contributed by atoms with Crippen molar-refractivity contribution >= 4 is 0 Å². The zero-order chi connectivity index (χ0) is 14.5. The lowest BCUT2D eigenvalue weighted by molar-refractivity contribution is -0.00745. The molecule has 1 aliphatic heterocycles. The van der Waals surface area contributed by atoms with Gasteiger partial charge in [-0.25, -0.2) is 0 Å². The number of hydrogen-bond acceptors (Lipinski definition) is 4. The first-order valence-corrected chi connectivity index (χ1v) is 7.29. The first-order valence-electron chi connectivity index (χ1n) is 7.29. The van der Waals surface area contributed by atoms with Gasteiger partial charge in [0.15, 0.2) is 0 Å². The molecule has 4 nitrogen and oxygen atoms in total. The molecular formula is C16H26N2O2. The Bertz CT molecular complexity index is 436. The summed E-state index contributed by atoms with van der Waals surface area (Å²) >= 11 is 0. The zero-order valence-corrected chi connectivity index (χ0v) is 12.8. The fourth-order valence-electron chi connectivity index (χ4n) is 2.90. The molecule has 2 unspecified atom stereocenters. The van der Waals surface area contributed by atoms with Gasteiger partial charge in [0, 0.05) is 32.3 Å². The summed E-state index contributed by atoms with van der Waals surface area (Å²) in [6.45, 7) is 5.86. The van der Waals surface area contributed by atoms with Crippen molar-refractivity contribution in [2.75, 3.05) is 27.3 Å². The van der Waals surface area contributed by atoms with Crippen molar-refractivity contribution in [3.63, 3.8) is 0 Å². The molecule has 1 aliphatic rings. The van der Waals surface area contributed by atoms with Crippen LogP contribution in [0.3, 0.4) is 0 Å². The molecule has 1 aromatic rings. The van der Waals surface area contributed by atoms with E-state index >= 15 is 0 Å². The predicted molar refractivity (Wildman–Crippen MR) is 80.7 cm³/mol. The van der Waals surface area contributed by atoms with Crippen LogP contribution in [0.25, 0.3) is 0 Å². The van der Waals surface area contributed by atoms with Gasteiger partial charge >= 0.3 is 0 Å². The first-order chi connectivity index (χ1) is 9.67. The van der Waals surface area contributed by atoms with Crippen molar-refractivity contribution in [2.24, 2.45) is 11.7 Å². The highest BCUT2D eigenvalue weighted by molar-refractivity contribution is 5.37. The summed E-state index contributed by atoms with van der Waals surface area (Å²) in [6, 6.07) is 6.29. The van der Waals surface area contributed by atoms with Crippen LogP contribution < -0.4 is 10.5 Å². The van der Waals surface area contributed by atoms with Crippen LogP contribution in [0.1, 0.15) is 24.5 Å². The third-order valence-corrected chi connectivity index (χ3v) is 4.25. The van der Waals surface area contributed by atoms with Gasteiger partial charge in [-0.15, -0.1) is 0 Å². The standard InChI is InChI=1S/C16H26N2O2/c1-12-6-7-18(11-16(12)20-3)10-13-4-5-15(19-2)14(8-13)9-17/h4-5,8,12,16H,6-7,9-11,17H2,1-3H3. The quantitative estimate of drug-likeness (QED) is 0.895. The molecule has 2 atom stereocenters. The second-order valence-corrected chi connectivity index (χ2v) is 5.63. The summed E-state index contributed by atoms with van der Waals surface area (Å²) in [6.07, 6.45) is 1.54. The Kier molecular flexibility index (Phi) is 5.40. The van der Waals surface area contributed by atoms with Crippen LogP contribution in [0.5, 0.6) is 5.75 Å². The lowest BCUT2D eigenvalue weighted by Gasteiger charge is -2.36.